The Kier molecular flexibility index (Phi) is 8.15. The first-order chi connectivity index (χ1) is 13.2. The number of carbonyl (C=O) groups excluding carboxylic acids is 2. The van der Waals surface area contributed by atoms with Crippen LogP contribution in [0.4, 0.5) is 0 Å². The molecule has 0 spiro atoms. The van der Waals surface area contributed by atoms with Crippen molar-refractivity contribution in [2.75, 3.05) is 26.7 Å². The van der Waals surface area contributed by atoms with Gasteiger partial charge in [0, 0.05) is 26.7 Å². The third-order valence-corrected chi connectivity index (χ3v) is 6.33. The fraction of sp³-hybridized carbons (Fsp3) is 0.773. The van der Waals surface area contributed by atoms with E-state index in [0.717, 1.165) is 31.8 Å². The van der Waals surface area contributed by atoms with Gasteiger partial charge in [0.1, 0.15) is 0 Å². The van der Waals surface area contributed by atoms with Crippen molar-refractivity contribution in [3.63, 3.8) is 0 Å². The van der Waals surface area contributed by atoms with Gasteiger partial charge in [0.05, 0.1) is 11.8 Å². The minimum atomic E-state index is -0.0897. The fourth-order valence-corrected chi connectivity index (χ4v) is 5.35. The SMILES string of the molecule is CN=C(NCCCN1C(=O)C2C3C=CC(C3)C2C1=O)NCC(C)(C)CC(C)C.I. The summed E-state index contributed by atoms with van der Waals surface area (Å²) in [7, 11) is 1.77. The molecule has 2 N–H and O–H groups in total. The lowest BCUT2D eigenvalue weighted by atomic mass is 9.84. The molecule has 1 aliphatic heterocycles. The van der Waals surface area contributed by atoms with Crippen molar-refractivity contribution >= 4 is 41.8 Å². The number of allylic oxidation sites excluding steroid dienone is 2. The molecule has 164 valence electrons. The molecule has 1 saturated carbocycles. The predicted octanol–water partition coefficient (Wildman–Crippen LogP) is 3.04. The second-order valence-electron chi connectivity index (χ2n) is 9.80. The molecular formula is C22H37IN4O2. The van der Waals surface area contributed by atoms with E-state index in [0.29, 0.717) is 19.0 Å². The molecule has 3 rings (SSSR count). The number of rotatable bonds is 8. The van der Waals surface area contributed by atoms with Crippen molar-refractivity contribution in [2.45, 2.75) is 47.0 Å². The van der Waals surface area contributed by atoms with Gasteiger partial charge < -0.3 is 10.6 Å². The van der Waals surface area contributed by atoms with Gasteiger partial charge in [-0.1, -0.05) is 39.8 Å². The Morgan fingerprint density at radius 1 is 1.17 bits per heavy atom. The third kappa shape index (κ3) is 5.33. The van der Waals surface area contributed by atoms with E-state index in [1.165, 1.54) is 4.90 Å². The summed E-state index contributed by atoms with van der Waals surface area (Å²) in [4.78, 5) is 31.2. The highest BCUT2D eigenvalue weighted by Gasteiger charge is 2.58. The number of hydrogen-bond donors (Lipinski definition) is 2. The van der Waals surface area contributed by atoms with Crippen molar-refractivity contribution in [1.29, 1.82) is 0 Å². The molecule has 3 aliphatic rings. The van der Waals surface area contributed by atoms with Crippen LogP contribution in [0.15, 0.2) is 17.1 Å². The summed E-state index contributed by atoms with van der Waals surface area (Å²) in [5.74, 6) is 1.91. The summed E-state index contributed by atoms with van der Waals surface area (Å²) in [6.07, 6.45) is 7.14. The Labute approximate surface area is 192 Å². The van der Waals surface area contributed by atoms with Crippen molar-refractivity contribution in [3.05, 3.63) is 12.2 Å². The minimum Gasteiger partial charge on any atom is -0.356 e. The van der Waals surface area contributed by atoms with Gasteiger partial charge in [0.15, 0.2) is 5.96 Å². The second-order valence-corrected chi connectivity index (χ2v) is 9.80. The van der Waals surface area contributed by atoms with E-state index in [4.69, 9.17) is 0 Å². The summed E-state index contributed by atoms with van der Waals surface area (Å²) < 4.78 is 0. The van der Waals surface area contributed by atoms with E-state index in [2.05, 4.69) is 55.5 Å². The van der Waals surface area contributed by atoms with E-state index in [1.54, 1.807) is 7.05 Å². The van der Waals surface area contributed by atoms with Gasteiger partial charge in [-0.15, -0.1) is 24.0 Å². The number of hydrogen-bond acceptors (Lipinski definition) is 3. The lowest BCUT2D eigenvalue weighted by Gasteiger charge is -2.28. The maximum atomic E-state index is 12.7. The van der Waals surface area contributed by atoms with Crippen LogP contribution >= 0.6 is 24.0 Å². The minimum absolute atomic E-state index is 0. The number of nitrogens with one attached hydrogen (secondary N) is 2. The zero-order valence-electron chi connectivity index (χ0n) is 18.4. The topological polar surface area (TPSA) is 73.8 Å². The second kappa shape index (κ2) is 9.79. The molecule has 2 amide bonds. The van der Waals surface area contributed by atoms with Gasteiger partial charge in [0.2, 0.25) is 11.8 Å². The first-order valence-corrected chi connectivity index (χ1v) is 10.7. The van der Waals surface area contributed by atoms with Crippen molar-refractivity contribution in [1.82, 2.24) is 15.5 Å². The normalized spacial score (nSPS) is 28.2. The molecule has 0 aromatic carbocycles. The maximum absolute atomic E-state index is 12.7. The average Bonchev–Trinajstić information content (AvgIpc) is 3.29. The first kappa shape index (κ1) is 24.2. The van der Waals surface area contributed by atoms with Crippen LogP contribution in [-0.2, 0) is 9.59 Å². The summed E-state index contributed by atoms with van der Waals surface area (Å²) in [5, 5.41) is 6.70. The number of amides is 2. The highest BCUT2D eigenvalue weighted by Crippen LogP contribution is 2.52. The Hall–Kier alpha value is -1.12. The summed E-state index contributed by atoms with van der Waals surface area (Å²) in [6, 6.07) is 0. The van der Waals surface area contributed by atoms with Gasteiger partial charge in [-0.2, -0.15) is 0 Å². The molecular weight excluding hydrogens is 479 g/mol. The number of fused-ring (bicyclic) bond motifs is 5. The van der Waals surface area contributed by atoms with E-state index in [9.17, 15) is 9.59 Å². The molecule has 2 fully saturated rings. The maximum Gasteiger partial charge on any atom is 0.233 e. The Bertz CT molecular complexity index is 644. The first-order valence-electron chi connectivity index (χ1n) is 10.7. The van der Waals surface area contributed by atoms with Crippen LogP contribution in [-0.4, -0.2) is 49.4 Å². The van der Waals surface area contributed by atoms with Crippen molar-refractivity contribution in [2.24, 2.45) is 40.0 Å². The lowest BCUT2D eigenvalue weighted by Crippen LogP contribution is -2.43. The Morgan fingerprint density at radius 3 is 2.28 bits per heavy atom. The van der Waals surface area contributed by atoms with E-state index in [-0.39, 0.29) is 64.9 Å². The number of carbonyl (C=O) groups is 2. The standard InChI is InChI=1S/C22H36N4O2.HI/c1-14(2)12-22(3,4)13-25-21(23-5)24-9-6-10-26-19(27)17-15-7-8-16(11-15)18(17)20(26)28;/h7-8,14-18H,6,9-13H2,1-5H3,(H2,23,24,25);1H. The van der Waals surface area contributed by atoms with E-state index in [1.807, 2.05) is 0 Å². The van der Waals surface area contributed by atoms with Crippen LogP contribution in [0.2, 0.25) is 0 Å². The molecule has 1 heterocycles. The van der Waals surface area contributed by atoms with Crippen molar-refractivity contribution < 1.29 is 9.59 Å². The fourth-order valence-electron chi connectivity index (χ4n) is 5.35. The third-order valence-electron chi connectivity index (χ3n) is 6.33. The summed E-state index contributed by atoms with van der Waals surface area (Å²) in [6.45, 7) is 11.0. The molecule has 4 atom stereocenters. The van der Waals surface area contributed by atoms with Crippen LogP contribution in [0.5, 0.6) is 0 Å². The van der Waals surface area contributed by atoms with Crippen LogP contribution in [0.25, 0.3) is 0 Å². The van der Waals surface area contributed by atoms with Crippen LogP contribution in [0, 0.1) is 35.0 Å². The molecule has 0 aromatic heterocycles. The number of nitrogens with zero attached hydrogens (tertiary/aromatic N) is 2. The molecule has 6 nitrogen and oxygen atoms in total. The Balaban J connectivity index is 0.00000300. The zero-order chi connectivity index (χ0) is 20.5. The molecule has 7 heteroatoms. The largest absolute Gasteiger partial charge is 0.356 e. The van der Waals surface area contributed by atoms with E-state index < -0.39 is 0 Å². The molecule has 2 aliphatic carbocycles. The van der Waals surface area contributed by atoms with Gasteiger partial charge >= 0.3 is 0 Å². The summed E-state index contributed by atoms with van der Waals surface area (Å²) >= 11 is 0. The highest BCUT2D eigenvalue weighted by molar-refractivity contribution is 14.0. The number of halogens is 1. The predicted molar refractivity (Wildman–Crippen MR) is 127 cm³/mol. The molecule has 2 bridgehead atoms. The molecule has 29 heavy (non-hydrogen) atoms. The zero-order valence-corrected chi connectivity index (χ0v) is 20.7. The van der Waals surface area contributed by atoms with Crippen LogP contribution in [0.3, 0.4) is 0 Å². The quantitative estimate of drug-likeness (QED) is 0.130. The highest BCUT2D eigenvalue weighted by atomic mass is 127. The smallest absolute Gasteiger partial charge is 0.233 e. The van der Waals surface area contributed by atoms with Gasteiger partial charge in [0.25, 0.3) is 0 Å². The van der Waals surface area contributed by atoms with E-state index >= 15 is 0 Å². The number of guanidine groups is 1. The lowest BCUT2D eigenvalue weighted by molar-refractivity contribution is -0.140. The van der Waals surface area contributed by atoms with Gasteiger partial charge in [-0.3, -0.25) is 19.5 Å². The van der Waals surface area contributed by atoms with Gasteiger partial charge in [-0.05, 0) is 42.4 Å². The van der Waals surface area contributed by atoms with Crippen LogP contribution in [0.1, 0.15) is 47.0 Å². The van der Waals surface area contributed by atoms with Crippen molar-refractivity contribution in [3.8, 4) is 0 Å². The van der Waals surface area contributed by atoms with Crippen LogP contribution < -0.4 is 10.6 Å². The molecule has 0 aromatic rings. The number of likely N-dealkylation sites (tertiary alicyclic amines) is 1. The Morgan fingerprint density at radius 2 is 1.76 bits per heavy atom. The molecule has 1 saturated heterocycles. The molecule has 0 radical (unpaired) electrons. The number of aliphatic imine (C=N–C) groups is 1. The number of imide groups is 1. The monoisotopic (exact) mass is 516 g/mol. The molecule has 4 unspecified atom stereocenters. The average molecular weight is 516 g/mol. The van der Waals surface area contributed by atoms with Gasteiger partial charge in [-0.25, -0.2) is 0 Å². The summed E-state index contributed by atoms with van der Waals surface area (Å²) in [5.41, 5.74) is 0.200.